The zero-order valence-corrected chi connectivity index (χ0v) is 17.1. The molecule has 150 valence electrons. The van der Waals surface area contributed by atoms with E-state index >= 15 is 0 Å². The molecule has 0 aliphatic heterocycles. The van der Waals surface area contributed by atoms with Gasteiger partial charge in [-0.25, -0.2) is 4.39 Å². The van der Waals surface area contributed by atoms with E-state index in [0.29, 0.717) is 24.6 Å². The van der Waals surface area contributed by atoms with Crippen LogP contribution in [0.3, 0.4) is 0 Å². The molecule has 2 aromatic rings. The molecular formula is C22H28FN3OS. The molecule has 0 aromatic heterocycles. The van der Waals surface area contributed by atoms with Crippen LogP contribution in [-0.2, 0) is 22.0 Å². The first-order chi connectivity index (χ1) is 13.6. The predicted molar refractivity (Wildman–Crippen MR) is 114 cm³/mol. The quantitative estimate of drug-likeness (QED) is 0.500. The predicted octanol–water partition coefficient (Wildman–Crippen LogP) is 3.36. The number of hydrogen-bond donors (Lipinski definition) is 2. The molecule has 0 radical (unpaired) electrons. The Morgan fingerprint density at radius 2 is 1.93 bits per heavy atom. The van der Waals surface area contributed by atoms with Crippen LogP contribution in [0.5, 0.6) is 0 Å². The highest BCUT2D eigenvalue weighted by molar-refractivity contribution is 7.84. The maximum Gasteiger partial charge on any atom is 0.191 e. The van der Waals surface area contributed by atoms with Gasteiger partial charge in [-0.15, -0.1) is 0 Å². The zero-order valence-electron chi connectivity index (χ0n) is 16.3. The second-order valence-corrected chi connectivity index (χ2v) is 8.76. The Kier molecular flexibility index (Phi) is 7.20. The van der Waals surface area contributed by atoms with Crippen molar-refractivity contribution in [2.45, 2.75) is 30.9 Å². The summed E-state index contributed by atoms with van der Waals surface area (Å²) in [6.07, 6.45) is 2.06. The SMILES string of the molecule is CCNC(=NCC1(c2cccc(F)c2)CC1)NCCS(=O)Cc1ccccc1. The summed E-state index contributed by atoms with van der Waals surface area (Å²) in [7, 11) is -0.919. The zero-order chi connectivity index (χ0) is 19.8. The van der Waals surface area contributed by atoms with E-state index in [-0.39, 0.29) is 11.2 Å². The van der Waals surface area contributed by atoms with E-state index in [1.807, 2.05) is 43.3 Å². The average Bonchev–Trinajstić information content (AvgIpc) is 3.48. The largest absolute Gasteiger partial charge is 0.357 e. The lowest BCUT2D eigenvalue weighted by atomic mass is 9.96. The van der Waals surface area contributed by atoms with Crippen molar-refractivity contribution in [3.63, 3.8) is 0 Å². The summed E-state index contributed by atoms with van der Waals surface area (Å²) < 4.78 is 25.8. The fraction of sp³-hybridized carbons (Fsp3) is 0.409. The van der Waals surface area contributed by atoms with E-state index < -0.39 is 10.8 Å². The molecule has 3 rings (SSSR count). The second kappa shape index (κ2) is 9.82. The lowest BCUT2D eigenvalue weighted by Crippen LogP contribution is -2.39. The molecule has 28 heavy (non-hydrogen) atoms. The van der Waals surface area contributed by atoms with E-state index in [9.17, 15) is 8.60 Å². The van der Waals surface area contributed by atoms with Gasteiger partial charge in [-0.05, 0) is 43.0 Å². The third-order valence-corrected chi connectivity index (χ3v) is 6.28. The van der Waals surface area contributed by atoms with Crippen molar-refractivity contribution in [3.05, 3.63) is 71.5 Å². The minimum Gasteiger partial charge on any atom is -0.357 e. The molecule has 1 aliphatic rings. The molecule has 2 N–H and O–H groups in total. The highest BCUT2D eigenvalue weighted by Gasteiger charge is 2.44. The number of aliphatic imine (C=N–C) groups is 1. The molecule has 0 spiro atoms. The van der Waals surface area contributed by atoms with Crippen LogP contribution in [0.25, 0.3) is 0 Å². The summed E-state index contributed by atoms with van der Waals surface area (Å²) in [5.41, 5.74) is 2.07. The molecule has 1 fully saturated rings. The van der Waals surface area contributed by atoms with Crippen molar-refractivity contribution in [1.29, 1.82) is 0 Å². The normalized spacial score (nSPS) is 16.4. The van der Waals surface area contributed by atoms with Gasteiger partial charge in [0.15, 0.2) is 5.96 Å². The monoisotopic (exact) mass is 401 g/mol. The van der Waals surface area contributed by atoms with E-state index in [1.54, 1.807) is 12.1 Å². The lowest BCUT2D eigenvalue weighted by Gasteiger charge is -2.16. The third kappa shape index (κ3) is 5.89. The Labute approximate surface area is 169 Å². The van der Waals surface area contributed by atoms with Gasteiger partial charge in [0, 0.05) is 40.8 Å². The van der Waals surface area contributed by atoms with Crippen molar-refractivity contribution in [2.75, 3.05) is 25.4 Å². The van der Waals surface area contributed by atoms with E-state index in [2.05, 4.69) is 10.6 Å². The van der Waals surface area contributed by atoms with Gasteiger partial charge in [-0.2, -0.15) is 0 Å². The van der Waals surface area contributed by atoms with Gasteiger partial charge in [-0.3, -0.25) is 9.20 Å². The fourth-order valence-corrected chi connectivity index (χ4v) is 4.23. The van der Waals surface area contributed by atoms with Crippen LogP contribution in [0.15, 0.2) is 59.6 Å². The van der Waals surface area contributed by atoms with Gasteiger partial charge >= 0.3 is 0 Å². The van der Waals surface area contributed by atoms with E-state index in [4.69, 9.17) is 4.99 Å². The summed E-state index contributed by atoms with van der Waals surface area (Å²) in [5.74, 6) is 1.66. The number of nitrogens with zero attached hydrogens (tertiary/aromatic N) is 1. The van der Waals surface area contributed by atoms with Crippen LogP contribution in [0.2, 0.25) is 0 Å². The second-order valence-electron chi connectivity index (χ2n) is 7.19. The number of nitrogens with one attached hydrogen (secondary N) is 2. The Morgan fingerprint density at radius 3 is 2.61 bits per heavy atom. The Balaban J connectivity index is 1.51. The summed E-state index contributed by atoms with van der Waals surface area (Å²) in [6, 6.07) is 16.7. The van der Waals surface area contributed by atoms with Crippen LogP contribution in [0.4, 0.5) is 4.39 Å². The minimum absolute atomic E-state index is 0.0411. The molecule has 1 saturated carbocycles. The first-order valence-electron chi connectivity index (χ1n) is 9.78. The van der Waals surface area contributed by atoms with Gasteiger partial charge in [0.05, 0.1) is 6.54 Å². The topological polar surface area (TPSA) is 53.5 Å². The maximum absolute atomic E-state index is 13.6. The first kappa shape index (κ1) is 20.5. The molecular weight excluding hydrogens is 373 g/mol. The van der Waals surface area contributed by atoms with Crippen molar-refractivity contribution in [1.82, 2.24) is 10.6 Å². The Bertz CT molecular complexity index is 822. The summed E-state index contributed by atoms with van der Waals surface area (Å²) in [6.45, 7) is 3.99. The van der Waals surface area contributed by atoms with Crippen molar-refractivity contribution in [3.8, 4) is 0 Å². The van der Waals surface area contributed by atoms with Gasteiger partial charge in [0.2, 0.25) is 0 Å². The molecule has 1 aliphatic carbocycles. The number of hydrogen-bond acceptors (Lipinski definition) is 2. The molecule has 1 unspecified atom stereocenters. The number of benzene rings is 2. The van der Waals surface area contributed by atoms with Crippen LogP contribution in [-0.4, -0.2) is 35.6 Å². The minimum atomic E-state index is -0.919. The van der Waals surface area contributed by atoms with Gasteiger partial charge in [0.25, 0.3) is 0 Å². The van der Waals surface area contributed by atoms with Crippen molar-refractivity contribution >= 4 is 16.8 Å². The van der Waals surface area contributed by atoms with Crippen LogP contribution in [0.1, 0.15) is 30.9 Å². The number of guanidine groups is 1. The van der Waals surface area contributed by atoms with Crippen LogP contribution in [0, 0.1) is 5.82 Å². The molecule has 0 saturated heterocycles. The third-order valence-electron chi connectivity index (χ3n) is 4.97. The summed E-state index contributed by atoms with van der Waals surface area (Å²) >= 11 is 0. The molecule has 6 heteroatoms. The number of rotatable bonds is 9. The standard InChI is InChI=1S/C22H28FN3OS/c1-2-24-21(25-13-14-28(27)16-18-7-4-3-5-8-18)26-17-22(11-12-22)19-9-6-10-20(23)15-19/h3-10,15H,2,11-14,16-17H2,1H3,(H2,24,25,26). The van der Waals surface area contributed by atoms with Gasteiger partial charge in [-0.1, -0.05) is 42.5 Å². The van der Waals surface area contributed by atoms with Crippen molar-refractivity contribution < 1.29 is 8.60 Å². The Morgan fingerprint density at radius 1 is 1.14 bits per heavy atom. The molecule has 2 aromatic carbocycles. The van der Waals surface area contributed by atoms with Crippen LogP contribution >= 0.6 is 0 Å². The van der Waals surface area contributed by atoms with E-state index in [0.717, 1.165) is 36.5 Å². The highest BCUT2D eigenvalue weighted by Crippen LogP contribution is 2.48. The molecule has 1 atom stereocenters. The van der Waals surface area contributed by atoms with E-state index in [1.165, 1.54) is 6.07 Å². The lowest BCUT2D eigenvalue weighted by molar-refractivity contribution is 0.616. The average molecular weight is 402 g/mol. The Hall–Kier alpha value is -2.21. The molecule has 4 nitrogen and oxygen atoms in total. The molecule has 0 heterocycles. The summed E-state index contributed by atoms with van der Waals surface area (Å²) in [4.78, 5) is 4.71. The maximum atomic E-state index is 13.6. The fourth-order valence-electron chi connectivity index (χ4n) is 3.20. The van der Waals surface area contributed by atoms with Crippen molar-refractivity contribution in [2.24, 2.45) is 4.99 Å². The van der Waals surface area contributed by atoms with Gasteiger partial charge in [0.1, 0.15) is 5.82 Å². The summed E-state index contributed by atoms with van der Waals surface area (Å²) in [5, 5.41) is 6.51. The molecule has 0 bridgehead atoms. The number of halogens is 1. The highest BCUT2D eigenvalue weighted by atomic mass is 32.2. The van der Waals surface area contributed by atoms with Gasteiger partial charge < -0.3 is 10.6 Å². The smallest absolute Gasteiger partial charge is 0.191 e. The molecule has 0 amide bonds. The van der Waals surface area contributed by atoms with Crippen LogP contribution < -0.4 is 10.6 Å². The first-order valence-corrected chi connectivity index (χ1v) is 11.3.